The van der Waals surface area contributed by atoms with Crippen molar-refractivity contribution in [3.8, 4) is 0 Å². The van der Waals surface area contributed by atoms with Gasteiger partial charge in [-0.15, -0.1) is 0 Å². The van der Waals surface area contributed by atoms with Gasteiger partial charge < -0.3 is 0 Å². The molecule has 0 unspecified atom stereocenters. The molecule has 0 fully saturated rings. The van der Waals surface area contributed by atoms with Crippen molar-refractivity contribution in [2.75, 3.05) is 0 Å². The molecule has 0 atom stereocenters. The third kappa shape index (κ3) is 9.01. The lowest BCUT2D eigenvalue weighted by Crippen LogP contribution is -1.70. The summed E-state index contributed by atoms with van der Waals surface area (Å²) in [6.07, 6.45) is 13.6. The Kier molecular flexibility index (Phi) is 7.35. The molecule has 0 saturated heterocycles. The van der Waals surface area contributed by atoms with Crippen LogP contribution in [0.5, 0.6) is 0 Å². The molecular weight excluding hydrogens is 180 g/mol. The highest BCUT2D eigenvalue weighted by Crippen LogP contribution is 2.02. The van der Waals surface area contributed by atoms with E-state index in [0.29, 0.717) is 0 Å². The Morgan fingerprint density at radius 2 is 1.67 bits per heavy atom. The molecule has 0 bridgehead atoms. The fraction of sp³-hybridized carbons (Fsp3) is 0.333. The zero-order chi connectivity index (χ0) is 11.7. The Hall–Kier alpha value is -1.30. The average molecular weight is 202 g/mol. The second kappa shape index (κ2) is 8.05. The average Bonchev–Trinajstić information content (AvgIpc) is 2.17. The van der Waals surface area contributed by atoms with Crippen molar-refractivity contribution in [2.24, 2.45) is 0 Å². The molecule has 0 saturated carbocycles. The molecule has 0 aliphatic carbocycles. The maximum Gasteiger partial charge on any atom is -0.0161 e. The van der Waals surface area contributed by atoms with E-state index >= 15 is 0 Å². The van der Waals surface area contributed by atoms with Crippen LogP contribution in [0.1, 0.15) is 34.1 Å². The first kappa shape index (κ1) is 13.7. The second-order valence-corrected chi connectivity index (χ2v) is 3.94. The number of hydrogen-bond donors (Lipinski definition) is 0. The Balaban J connectivity index is 4.18. The van der Waals surface area contributed by atoms with Gasteiger partial charge in [-0.1, -0.05) is 59.8 Å². The molecule has 0 heteroatoms. The highest BCUT2D eigenvalue weighted by molar-refractivity contribution is 5.25. The van der Waals surface area contributed by atoms with Crippen LogP contribution in [0, 0.1) is 0 Å². The van der Waals surface area contributed by atoms with E-state index in [4.69, 9.17) is 0 Å². The van der Waals surface area contributed by atoms with Crippen LogP contribution in [-0.4, -0.2) is 0 Å². The fourth-order valence-corrected chi connectivity index (χ4v) is 0.968. The van der Waals surface area contributed by atoms with Crippen LogP contribution in [0.4, 0.5) is 0 Å². The monoisotopic (exact) mass is 202 g/mol. The molecule has 0 aromatic heterocycles. The van der Waals surface area contributed by atoms with Crippen LogP contribution < -0.4 is 0 Å². The molecule has 0 aromatic rings. The van der Waals surface area contributed by atoms with Crippen LogP contribution in [0.25, 0.3) is 0 Å². The molecule has 15 heavy (non-hydrogen) atoms. The van der Waals surface area contributed by atoms with Gasteiger partial charge in [-0.2, -0.15) is 0 Å². The first-order valence-electron chi connectivity index (χ1n) is 5.33. The molecular formula is C15H22. The fourth-order valence-electron chi connectivity index (χ4n) is 0.968. The Morgan fingerprint density at radius 1 is 1.00 bits per heavy atom. The third-order valence-electron chi connectivity index (χ3n) is 2.01. The summed E-state index contributed by atoms with van der Waals surface area (Å²) in [5.41, 5.74) is 3.84. The summed E-state index contributed by atoms with van der Waals surface area (Å²) in [6, 6.07) is 0. The van der Waals surface area contributed by atoms with Crippen LogP contribution in [0.3, 0.4) is 0 Å². The van der Waals surface area contributed by atoms with E-state index in [1.54, 1.807) is 0 Å². The second-order valence-electron chi connectivity index (χ2n) is 3.94. The van der Waals surface area contributed by atoms with Gasteiger partial charge in [-0.3, -0.25) is 0 Å². The van der Waals surface area contributed by atoms with Gasteiger partial charge in [0.1, 0.15) is 0 Å². The first-order chi connectivity index (χ1) is 7.06. The smallest absolute Gasteiger partial charge is 0.0161 e. The van der Waals surface area contributed by atoms with Crippen molar-refractivity contribution in [2.45, 2.75) is 34.1 Å². The van der Waals surface area contributed by atoms with E-state index in [1.165, 1.54) is 16.7 Å². The summed E-state index contributed by atoms with van der Waals surface area (Å²) in [7, 11) is 0. The van der Waals surface area contributed by atoms with Gasteiger partial charge in [-0.25, -0.2) is 0 Å². The zero-order valence-electron chi connectivity index (χ0n) is 10.4. The number of rotatable bonds is 5. The highest BCUT2D eigenvalue weighted by Gasteiger charge is 1.81. The molecule has 0 amide bonds. The van der Waals surface area contributed by atoms with Crippen molar-refractivity contribution >= 4 is 0 Å². The molecule has 0 N–H and O–H groups in total. The van der Waals surface area contributed by atoms with Crippen molar-refractivity contribution in [3.63, 3.8) is 0 Å². The van der Waals surface area contributed by atoms with Gasteiger partial charge in [0.2, 0.25) is 0 Å². The highest BCUT2D eigenvalue weighted by atomic mass is 13.9. The van der Waals surface area contributed by atoms with Crippen LogP contribution in [0.2, 0.25) is 0 Å². The van der Waals surface area contributed by atoms with Crippen LogP contribution in [0.15, 0.2) is 59.8 Å². The quantitative estimate of drug-likeness (QED) is 0.436. The molecule has 0 nitrogen and oxygen atoms in total. The van der Waals surface area contributed by atoms with Gasteiger partial charge in [0.05, 0.1) is 0 Å². The minimum Gasteiger partial charge on any atom is -0.0988 e. The largest absolute Gasteiger partial charge is 0.0988 e. The van der Waals surface area contributed by atoms with Gasteiger partial charge in [0, 0.05) is 0 Å². The summed E-state index contributed by atoms with van der Waals surface area (Å²) in [5, 5.41) is 0. The normalized spacial score (nSPS) is 13.1. The van der Waals surface area contributed by atoms with Crippen molar-refractivity contribution in [1.82, 2.24) is 0 Å². The van der Waals surface area contributed by atoms with Crippen molar-refractivity contribution in [1.29, 1.82) is 0 Å². The maximum absolute atomic E-state index is 3.70. The van der Waals surface area contributed by atoms with Crippen LogP contribution in [-0.2, 0) is 0 Å². The predicted octanol–water partition coefficient (Wildman–Crippen LogP) is 4.98. The molecule has 0 aromatic carbocycles. The number of hydrogen-bond acceptors (Lipinski definition) is 0. The maximum atomic E-state index is 3.70. The van der Waals surface area contributed by atoms with E-state index in [1.807, 2.05) is 13.0 Å². The van der Waals surface area contributed by atoms with E-state index in [9.17, 15) is 0 Å². The lowest BCUT2D eigenvalue weighted by molar-refractivity contribution is 1.26. The first-order valence-corrected chi connectivity index (χ1v) is 5.33. The van der Waals surface area contributed by atoms with Gasteiger partial charge >= 0.3 is 0 Å². The zero-order valence-corrected chi connectivity index (χ0v) is 10.4. The lowest BCUT2D eigenvalue weighted by atomic mass is 10.2. The summed E-state index contributed by atoms with van der Waals surface area (Å²) in [4.78, 5) is 0. The minimum atomic E-state index is 1.02. The van der Waals surface area contributed by atoms with Gasteiger partial charge in [-0.05, 0) is 34.1 Å². The van der Waals surface area contributed by atoms with Crippen molar-refractivity contribution in [3.05, 3.63) is 59.8 Å². The summed E-state index contributed by atoms with van der Waals surface area (Å²) in [5.74, 6) is 0. The standard InChI is InChI=1S/C15H22/c1-6-14(4)10-8-12-15(5)11-7-9-13(2)3/h6,8-12H,1,7H2,2-5H3/b12-8+,14-10+,15-11+. The summed E-state index contributed by atoms with van der Waals surface area (Å²) >= 11 is 0. The van der Waals surface area contributed by atoms with Gasteiger partial charge in [0.15, 0.2) is 0 Å². The minimum absolute atomic E-state index is 1.02. The molecule has 82 valence electrons. The van der Waals surface area contributed by atoms with E-state index < -0.39 is 0 Å². The molecule has 0 aliphatic heterocycles. The Labute approximate surface area is 94.4 Å². The summed E-state index contributed by atoms with van der Waals surface area (Å²) < 4.78 is 0. The molecule has 0 heterocycles. The van der Waals surface area contributed by atoms with Crippen molar-refractivity contribution < 1.29 is 0 Å². The number of allylic oxidation sites excluding steroid dienone is 9. The van der Waals surface area contributed by atoms with E-state index in [0.717, 1.165) is 6.42 Å². The third-order valence-corrected chi connectivity index (χ3v) is 2.01. The van der Waals surface area contributed by atoms with Crippen LogP contribution >= 0.6 is 0 Å². The van der Waals surface area contributed by atoms with E-state index in [2.05, 4.69) is 57.7 Å². The lowest BCUT2D eigenvalue weighted by Gasteiger charge is -1.91. The Morgan fingerprint density at radius 3 is 2.20 bits per heavy atom. The topological polar surface area (TPSA) is 0 Å². The van der Waals surface area contributed by atoms with Gasteiger partial charge in [0.25, 0.3) is 0 Å². The molecule has 0 aliphatic rings. The molecule has 0 radical (unpaired) electrons. The van der Waals surface area contributed by atoms with E-state index in [-0.39, 0.29) is 0 Å². The summed E-state index contributed by atoms with van der Waals surface area (Å²) in [6.45, 7) is 12.1. The SMILES string of the molecule is C=C/C(C)=C/C=C/C(C)=C/CC=C(C)C. The molecule has 0 rings (SSSR count). The Bertz CT molecular complexity index is 305. The molecule has 0 spiro atoms. The predicted molar refractivity (Wildman–Crippen MR) is 70.9 cm³/mol.